The van der Waals surface area contributed by atoms with Crippen LogP contribution in [0.15, 0.2) is 18.2 Å². The van der Waals surface area contributed by atoms with Crippen LogP contribution in [0.1, 0.15) is 29.6 Å². The number of hydrogen-bond acceptors (Lipinski definition) is 4. The van der Waals surface area contributed by atoms with E-state index in [4.69, 9.17) is 11.6 Å². The Morgan fingerprint density at radius 2 is 2.33 bits per heavy atom. The molecule has 1 heterocycles. The Bertz CT molecular complexity index is 530. The van der Waals surface area contributed by atoms with Crippen LogP contribution in [0.2, 0.25) is 5.02 Å². The first kappa shape index (κ1) is 15.7. The molecule has 1 aliphatic heterocycles. The van der Waals surface area contributed by atoms with E-state index in [1.54, 1.807) is 0 Å². The number of piperidine rings is 1. The fraction of sp³-hybridized carbons (Fsp3) is 0.500. The Morgan fingerprint density at radius 3 is 3.00 bits per heavy atom. The van der Waals surface area contributed by atoms with Gasteiger partial charge in [0.1, 0.15) is 10.6 Å². The van der Waals surface area contributed by atoms with Crippen LogP contribution in [0.4, 0.5) is 5.69 Å². The van der Waals surface area contributed by atoms with Crippen LogP contribution >= 0.6 is 11.6 Å². The molecule has 1 amide bonds. The number of amides is 1. The van der Waals surface area contributed by atoms with Crippen molar-refractivity contribution >= 4 is 23.2 Å². The summed E-state index contributed by atoms with van der Waals surface area (Å²) >= 11 is 5.79. The molecule has 0 spiro atoms. The summed E-state index contributed by atoms with van der Waals surface area (Å²) in [5.74, 6) is 0.0985. The van der Waals surface area contributed by atoms with Gasteiger partial charge in [-0.25, -0.2) is 0 Å². The predicted octanol–water partition coefficient (Wildman–Crippen LogP) is 2.37. The minimum Gasteiger partial charge on any atom is -0.352 e. The molecule has 21 heavy (non-hydrogen) atoms. The first-order chi connectivity index (χ1) is 10.1. The molecule has 1 aromatic carbocycles. The predicted molar refractivity (Wildman–Crippen MR) is 80.7 cm³/mol. The van der Waals surface area contributed by atoms with Gasteiger partial charge < -0.3 is 10.6 Å². The van der Waals surface area contributed by atoms with Crippen LogP contribution in [0, 0.1) is 16.0 Å². The number of nitro benzene ring substituents is 1. The van der Waals surface area contributed by atoms with Gasteiger partial charge in [0, 0.05) is 6.54 Å². The zero-order valence-electron chi connectivity index (χ0n) is 11.6. The highest BCUT2D eigenvalue weighted by molar-refractivity contribution is 6.33. The van der Waals surface area contributed by atoms with Gasteiger partial charge in [0.05, 0.1) is 4.92 Å². The lowest BCUT2D eigenvalue weighted by atomic mass is 9.96. The lowest BCUT2D eigenvalue weighted by molar-refractivity contribution is -0.385. The Labute approximate surface area is 128 Å². The minimum absolute atomic E-state index is 0.00858. The van der Waals surface area contributed by atoms with E-state index in [0.717, 1.165) is 32.4 Å². The second-order valence-electron chi connectivity index (χ2n) is 5.15. The standard InChI is InChI=1S/C14H18ClN3O3/c15-12-5-1-4-11(13(12)18(20)21)14(19)17-8-6-10-3-2-7-16-9-10/h1,4-5,10,16H,2-3,6-9H2,(H,17,19). The third-order valence-corrected chi connectivity index (χ3v) is 3.96. The second-order valence-corrected chi connectivity index (χ2v) is 5.56. The fourth-order valence-corrected chi connectivity index (χ4v) is 2.78. The maximum absolute atomic E-state index is 12.1. The maximum Gasteiger partial charge on any atom is 0.300 e. The average molecular weight is 312 g/mol. The van der Waals surface area contributed by atoms with Gasteiger partial charge in [-0.2, -0.15) is 0 Å². The topological polar surface area (TPSA) is 84.3 Å². The lowest BCUT2D eigenvalue weighted by Gasteiger charge is -2.22. The van der Waals surface area contributed by atoms with Crippen molar-refractivity contribution < 1.29 is 9.72 Å². The van der Waals surface area contributed by atoms with Crippen molar-refractivity contribution in [1.29, 1.82) is 0 Å². The Balaban J connectivity index is 1.94. The molecule has 1 fully saturated rings. The van der Waals surface area contributed by atoms with E-state index in [9.17, 15) is 14.9 Å². The van der Waals surface area contributed by atoms with E-state index in [-0.39, 0.29) is 16.3 Å². The number of hydrogen-bond donors (Lipinski definition) is 2. The van der Waals surface area contributed by atoms with Crippen molar-refractivity contribution in [3.8, 4) is 0 Å². The van der Waals surface area contributed by atoms with Gasteiger partial charge in [0.2, 0.25) is 0 Å². The molecule has 1 unspecified atom stereocenters. The highest BCUT2D eigenvalue weighted by atomic mass is 35.5. The summed E-state index contributed by atoms with van der Waals surface area (Å²) in [4.78, 5) is 22.5. The van der Waals surface area contributed by atoms with Crippen molar-refractivity contribution in [2.24, 2.45) is 5.92 Å². The van der Waals surface area contributed by atoms with Crippen LogP contribution in [0.3, 0.4) is 0 Å². The average Bonchev–Trinajstić information content (AvgIpc) is 2.47. The smallest absolute Gasteiger partial charge is 0.300 e. The van der Waals surface area contributed by atoms with E-state index in [1.807, 2.05) is 0 Å². The monoisotopic (exact) mass is 311 g/mol. The van der Waals surface area contributed by atoms with Crippen molar-refractivity contribution in [1.82, 2.24) is 10.6 Å². The molecule has 1 saturated heterocycles. The summed E-state index contributed by atoms with van der Waals surface area (Å²) < 4.78 is 0. The molecule has 1 aromatic rings. The highest BCUT2D eigenvalue weighted by Crippen LogP contribution is 2.28. The Kier molecular flexibility index (Phi) is 5.52. The molecule has 1 aliphatic rings. The van der Waals surface area contributed by atoms with Crippen molar-refractivity contribution in [3.63, 3.8) is 0 Å². The Hall–Kier alpha value is -1.66. The summed E-state index contributed by atoms with van der Waals surface area (Å²) in [6, 6.07) is 4.36. The zero-order chi connectivity index (χ0) is 15.2. The Morgan fingerprint density at radius 1 is 1.52 bits per heavy atom. The molecule has 7 heteroatoms. The van der Waals surface area contributed by atoms with Crippen LogP contribution in [0.25, 0.3) is 0 Å². The number of nitro groups is 1. The van der Waals surface area contributed by atoms with Crippen LogP contribution in [-0.4, -0.2) is 30.5 Å². The maximum atomic E-state index is 12.1. The molecule has 1 atom stereocenters. The second kappa shape index (κ2) is 7.38. The molecule has 0 bridgehead atoms. The van der Waals surface area contributed by atoms with E-state index in [0.29, 0.717) is 12.5 Å². The van der Waals surface area contributed by atoms with Gasteiger partial charge >= 0.3 is 5.69 Å². The van der Waals surface area contributed by atoms with Crippen LogP contribution in [0.5, 0.6) is 0 Å². The molecular formula is C14H18ClN3O3. The van der Waals surface area contributed by atoms with E-state index in [1.165, 1.54) is 18.2 Å². The summed E-state index contributed by atoms with van der Waals surface area (Å²) in [7, 11) is 0. The quantitative estimate of drug-likeness (QED) is 0.646. The molecular weight excluding hydrogens is 294 g/mol. The third-order valence-electron chi connectivity index (χ3n) is 3.65. The summed E-state index contributed by atoms with van der Waals surface area (Å²) in [5.41, 5.74) is -0.328. The summed E-state index contributed by atoms with van der Waals surface area (Å²) in [6.07, 6.45) is 3.17. The van der Waals surface area contributed by atoms with Crippen molar-refractivity contribution in [2.45, 2.75) is 19.3 Å². The number of nitrogens with zero attached hydrogens (tertiary/aromatic N) is 1. The summed E-state index contributed by atoms with van der Waals surface area (Å²) in [6.45, 7) is 2.53. The van der Waals surface area contributed by atoms with Gasteiger partial charge in [0.25, 0.3) is 5.91 Å². The normalized spacial score (nSPS) is 18.2. The van der Waals surface area contributed by atoms with E-state index >= 15 is 0 Å². The fourth-order valence-electron chi connectivity index (χ4n) is 2.54. The van der Waals surface area contributed by atoms with Gasteiger partial charge in [-0.3, -0.25) is 14.9 Å². The first-order valence-corrected chi connectivity index (χ1v) is 7.39. The number of para-hydroxylation sites is 1. The first-order valence-electron chi connectivity index (χ1n) is 7.01. The number of rotatable bonds is 5. The van der Waals surface area contributed by atoms with Gasteiger partial charge in [-0.05, 0) is 50.4 Å². The largest absolute Gasteiger partial charge is 0.352 e. The van der Waals surface area contributed by atoms with Gasteiger partial charge in [0.15, 0.2) is 0 Å². The zero-order valence-corrected chi connectivity index (χ0v) is 12.4. The molecule has 6 nitrogen and oxygen atoms in total. The van der Waals surface area contributed by atoms with Crippen LogP contribution in [-0.2, 0) is 0 Å². The lowest BCUT2D eigenvalue weighted by Crippen LogP contribution is -2.33. The molecule has 0 aromatic heterocycles. The number of halogens is 1. The molecule has 114 valence electrons. The number of benzene rings is 1. The van der Waals surface area contributed by atoms with Crippen molar-refractivity contribution in [3.05, 3.63) is 38.9 Å². The molecule has 2 rings (SSSR count). The number of carbonyl (C=O) groups is 1. The highest BCUT2D eigenvalue weighted by Gasteiger charge is 2.23. The summed E-state index contributed by atoms with van der Waals surface area (Å²) in [5, 5.41) is 17.0. The third kappa shape index (κ3) is 4.15. The number of carbonyl (C=O) groups excluding carboxylic acids is 1. The SMILES string of the molecule is O=C(NCCC1CCCNC1)c1cccc(Cl)c1[N+](=O)[O-]. The van der Waals surface area contributed by atoms with E-state index in [2.05, 4.69) is 10.6 Å². The van der Waals surface area contributed by atoms with Gasteiger partial charge in [-0.15, -0.1) is 0 Å². The molecule has 2 N–H and O–H groups in total. The van der Waals surface area contributed by atoms with Gasteiger partial charge in [-0.1, -0.05) is 17.7 Å². The van der Waals surface area contributed by atoms with Crippen LogP contribution < -0.4 is 10.6 Å². The molecule has 0 saturated carbocycles. The molecule has 0 aliphatic carbocycles. The molecule has 0 radical (unpaired) electrons. The number of nitrogens with one attached hydrogen (secondary N) is 2. The van der Waals surface area contributed by atoms with Crippen molar-refractivity contribution in [2.75, 3.05) is 19.6 Å². The van der Waals surface area contributed by atoms with E-state index < -0.39 is 10.8 Å². The minimum atomic E-state index is -0.623.